The minimum absolute atomic E-state index is 0.0241. The molecule has 2 aromatic heterocycles. The van der Waals surface area contributed by atoms with Crippen molar-refractivity contribution in [3.8, 4) is 17.2 Å². The number of morpholine rings is 1. The third-order valence-electron chi connectivity index (χ3n) is 11.6. The fraction of sp³-hybridized carbons (Fsp3) is 0.261. The number of fused-ring (bicyclic) bond motifs is 4. The van der Waals surface area contributed by atoms with Crippen molar-refractivity contribution in [3.05, 3.63) is 108 Å². The lowest BCUT2D eigenvalue weighted by atomic mass is 9.88. The molecule has 5 heterocycles. The summed E-state index contributed by atoms with van der Waals surface area (Å²) in [5, 5.41) is 7.40. The van der Waals surface area contributed by atoms with Gasteiger partial charge in [0, 0.05) is 60.4 Å². The quantitative estimate of drug-likeness (QED) is 0.143. The predicted octanol–water partition coefficient (Wildman–Crippen LogP) is 8.09. The summed E-state index contributed by atoms with van der Waals surface area (Å²) >= 11 is 0. The minimum atomic E-state index is -0.756. The second-order valence-electron chi connectivity index (χ2n) is 15.3. The summed E-state index contributed by atoms with van der Waals surface area (Å²) < 4.78 is 45.1. The highest BCUT2D eigenvalue weighted by atomic mass is 19.1. The number of ether oxygens (including phenoxy) is 3. The molecule has 3 aliphatic heterocycles. The summed E-state index contributed by atoms with van der Waals surface area (Å²) in [4.78, 5) is 55.3. The maximum absolute atomic E-state index is 15.6. The number of imide groups is 2. The number of hydrogen-bond donors (Lipinski definition) is 1. The molecule has 7 aromatic rings. The number of halogens is 1. The molecule has 3 fully saturated rings. The topological polar surface area (TPSA) is 141 Å². The Kier molecular flexibility index (Phi) is 9.33. The molecule has 2 unspecified atom stereocenters. The van der Waals surface area contributed by atoms with Crippen LogP contribution in [0.2, 0.25) is 0 Å². The summed E-state index contributed by atoms with van der Waals surface area (Å²) in [5.74, 6) is -2.34. The van der Waals surface area contributed by atoms with Crippen LogP contribution in [0.1, 0.15) is 48.6 Å². The van der Waals surface area contributed by atoms with Crippen LogP contribution in [-0.4, -0.2) is 68.0 Å². The highest BCUT2D eigenvalue weighted by molar-refractivity contribution is 6.19. The molecule has 12 nitrogen and oxygen atoms in total. The van der Waals surface area contributed by atoms with Crippen LogP contribution in [0.25, 0.3) is 43.5 Å². The molecule has 1 N–H and O–H groups in total. The number of amides is 4. The second-order valence-corrected chi connectivity index (χ2v) is 15.3. The Morgan fingerprint density at radius 1 is 0.695 bits per heavy atom. The number of carbonyl (C=O) groups excluding carboxylic acids is 4. The first-order chi connectivity index (χ1) is 28.8. The number of nitrogens with one attached hydrogen (secondary N) is 1. The number of hydrogen-bond acceptors (Lipinski definition) is 10. The summed E-state index contributed by atoms with van der Waals surface area (Å²) in [6.45, 7) is 4.57. The highest BCUT2D eigenvalue weighted by Gasteiger charge is 2.39. The Balaban J connectivity index is 0.896. The molecule has 13 heteroatoms. The van der Waals surface area contributed by atoms with E-state index in [0.29, 0.717) is 41.1 Å². The van der Waals surface area contributed by atoms with Crippen molar-refractivity contribution >= 4 is 72.8 Å². The number of furan rings is 2. The van der Waals surface area contributed by atoms with E-state index in [1.807, 2.05) is 48.5 Å². The first-order valence-corrected chi connectivity index (χ1v) is 19.8. The van der Waals surface area contributed by atoms with Gasteiger partial charge in [-0.15, -0.1) is 0 Å². The van der Waals surface area contributed by atoms with Gasteiger partial charge in [0.25, 0.3) is 0 Å². The van der Waals surface area contributed by atoms with Crippen molar-refractivity contribution in [2.75, 3.05) is 44.4 Å². The number of rotatable bonds is 9. The predicted molar refractivity (Wildman–Crippen MR) is 216 cm³/mol. The Hall–Kier alpha value is -6.57. The number of piperidine rings is 2. The van der Waals surface area contributed by atoms with Gasteiger partial charge in [0.1, 0.15) is 40.8 Å². The molecule has 3 aliphatic rings. The third-order valence-corrected chi connectivity index (χ3v) is 11.6. The van der Waals surface area contributed by atoms with Gasteiger partial charge < -0.3 is 23.0 Å². The van der Waals surface area contributed by atoms with E-state index in [0.717, 1.165) is 75.8 Å². The molecule has 5 aromatic carbocycles. The van der Waals surface area contributed by atoms with Gasteiger partial charge in [-0.1, -0.05) is 12.1 Å². The van der Waals surface area contributed by atoms with Gasteiger partial charge in [-0.3, -0.25) is 29.4 Å². The molecular weight excluding hydrogens is 758 g/mol. The highest BCUT2D eigenvalue weighted by Crippen LogP contribution is 2.41. The van der Waals surface area contributed by atoms with Crippen LogP contribution in [0.3, 0.4) is 0 Å². The maximum atomic E-state index is 15.6. The maximum Gasteiger partial charge on any atom is 0.241 e. The van der Waals surface area contributed by atoms with E-state index >= 15 is 4.39 Å². The smallest absolute Gasteiger partial charge is 0.241 e. The molecule has 0 aliphatic carbocycles. The van der Waals surface area contributed by atoms with Crippen LogP contribution in [0.15, 0.2) is 100 Å². The molecule has 0 radical (unpaired) electrons. The van der Waals surface area contributed by atoms with Crippen molar-refractivity contribution in [3.63, 3.8) is 0 Å². The molecule has 59 heavy (non-hydrogen) atoms. The van der Waals surface area contributed by atoms with Crippen LogP contribution in [-0.2, 0) is 23.9 Å². The van der Waals surface area contributed by atoms with Gasteiger partial charge in [0.2, 0.25) is 23.6 Å². The fourth-order valence-electron chi connectivity index (χ4n) is 8.52. The Morgan fingerprint density at radius 2 is 1.32 bits per heavy atom. The normalized spacial score (nSPS) is 19.3. The lowest BCUT2D eigenvalue weighted by Gasteiger charge is -2.30. The molecule has 298 valence electrons. The van der Waals surface area contributed by atoms with E-state index in [2.05, 4.69) is 10.2 Å². The van der Waals surface area contributed by atoms with Gasteiger partial charge in [0.15, 0.2) is 0 Å². The third kappa shape index (κ3) is 6.95. The van der Waals surface area contributed by atoms with E-state index in [9.17, 15) is 19.2 Å². The second kappa shape index (κ2) is 15.0. The van der Waals surface area contributed by atoms with E-state index < -0.39 is 29.5 Å². The average Bonchev–Trinajstić information content (AvgIpc) is 3.84. The molecule has 4 amide bonds. The van der Waals surface area contributed by atoms with Crippen LogP contribution in [0.5, 0.6) is 17.2 Å². The number of nitrogens with zero attached hydrogens (tertiary/aromatic N) is 2. The standard InChI is InChI=1S/C46H38FN3O9/c47-39-8-5-32(59-31-4-2-27-22-41-35(20-29(27)18-31)37(24-57-41)33-6-9-43(51)48-45(33)53)23-40(39)50-44(52)10-7-34(46(50)54)38-25-58-42-21-26-1-3-30(17-28(26)19-36(38)42)56-16-13-49-11-14-55-15-12-49/h1-5,8,17-25,33-34H,6-7,9-16H2,(H,48,51,53). The van der Waals surface area contributed by atoms with Crippen LogP contribution in [0.4, 0.5) is 10.1 Å². The minimum Gasteiger partial charge on any atom is -0.492 e. The number of benzene rings is 5. The lowest BCUT2D eigenvalue weighted by molar-refractivity contribution is -0.134. The summed E-state index contributed by atoms with van der Waals surface area (Å²) in [5.41, 5.74) is 2.33. The molecule has 2 atom stereocenters. The molecule has 0 bridgehead atoms. The van der Waals surface area contributed by atoms with Crippen LogP contribution in [0, 0.1) is 5.82 Å². The van der Waals surface area contributed by atoms with Gasteiger partial charge in [0.05, 0.1) is 43.3 Å². The first-order valence-electron chi connectivity index (χ1n) is 19.8. The number of anilines is 1. The molecule has 0 spiro atoms. The van der Waals surface area contributed by atoms with Crippen molar-refractivity contribution in [2.45, 2.75) is 37.5 Å². The van der Waals surface area contributed by atoms with Crippen molar-refractivity contribution in [1.29, 1.82) is 0 Å². The zero-order valence-electron chi connectivity index (χ0n) is 31.8. The molecule has 3 saturated heterocycles. The zero-order valence-corrected chi connectivity index (χ0v) is 31.8. The zero-order chi connectivity index (χ0) is 40.2. The monoisotopic (exact) mass is 795 g/mol. The van der Waals surface area contributed by atoms with Crippen molar-refractivity contribution < 1.29 is 46.6 Å². The Bertz CT molecular complexity index is 2840. The Labute approximate surface area is 336 Å². The fourth-order valence-corrected chi connectivity index (χ4v) is 8.52. The summed E-state index contributed by atoms with van der Waals surface area (Å²) in [7, 11) is 0. The summed E-state index contributed by atoms with van der Waals surface area (Å²) in [6.07, 6.45) is 4.02. The van der Waals surface area contributed by atoms with Gasteiger partial charge >= 0.3 is 0 Å². The SMILES string of the molecule is O=C1CCC(c2coc3cc4ccc(Oc5ccc(F)c(N6C(=O)CCC(c7coc8cc9ccc(OCCN%10CCOCC%10)cc9cc78)C6=O)c5)cc4cc23)C(=O)N1. The molecule has 10 rings (SSSR count). The van der Waals surface area contributed by atoms with E-state index in [1.54, 1.807) is 24.7 Å². The summed E-state index contributed by atoms with van der Waals surface area (Å²) in [6, 6.07) is 22.9. The largest absolute Gasteiger partial charge is 0.492 e. The van der Waals surface area contributed by atoms with E-state index in [1.165, 1.54) is 18.2 Å². The van der Waals surface area contributed by atoms with Gasteiger partial charge in [-0.2, -0.15) is 0 Å². The van der Waals surface area contributed by atoms with Crippen LogP contribution >= 0.6 is 0 Å². The molecule has 0 saturated carbocycles. The van der Waals surface area contributed by atoms with Crippen molar-refractivity contribution in [2.24, 2.45) is 0 Å². The van der Waals surface area contributed by atoms with E-state index in [4.69, 9.17) is 23.0 Å². The number of carbonyl (C=O) groups is 4. The first kappa shape index (κ1) is 36.7. The van der Waals surface area contributed by atoms with Crippen LogP contribution < -0.4 is 19.7 Å². The van der Waals surface area contributed by atoms with Crippen molar-refractivity contribution in [1.82, 2.24) is 10.2 Å². The lowest BCUT2D eigenvalue weighted by Crippen LogP contribution is -2.44. The van der Waals surface area contributed by atoms with E-state index in [-0.39, 0.29) is 42.5 Å². The average molecular weight is 796 g/mol. The van der Waals surface area contributed by atoms with Gasteiger partial charge in [-0.25, -0.2) is 9.29 Å². The molecular formula is C46H38FN3O9. The van der Waals surface area contributed by atoms with Gasteiger partial charge in [-0.05, 0) is 95.1 Å². The Morgan fingerprint density at radius 3 is 2.03 bits per heavy atom.